The number of ketones is 1. The largest absolute Gasteiger partial charge is 0.393 e. The summed E-state index contributed by atoms with van der Waals surface area (Å²) < 4.78 is 0. The lowest BCUT2D eigenvalue weighted by Crippen LogP contribution is -2.62. The van der Waals surface area contributed by atoms with Gasteiger partial charge in [0.15, 0.2) is 0 Å². The van der Waals surface area contributed by atoms with Crippen LogP contribution in [-0.4, -0.2) is 40.5 Å². The van der Waals surface area contributed by atoms with Gasteiger partial charge in [-0.15, -0.1) is 12.4 Å². The molecule has 2 atom stereocenters. The zero-order chi connectivity index (χ0) is 9.00. The van der Waals surface area contributed by atoms with Gasteiger partial charge in [-0.1, -0.05) is 0 Å². The molecule has 1 N–H and O–H groups in total. The number of aliphatic hydroxyl groups excluding tert-OH is 1. The second-order valence-electron chi connectivity index (χ2n) is 4.74. The van der Waals surface area contributed by atoms with E-state index in [2.05, 4.69) is 4.90 Å². The van der Waals surface area contributed by atoms with Crippen LogP contribution < -0.4 is 0 Å². The highest BCUT2D eigenvalue weighted by Crippen LogP contribution is 2.41. The molecule has 2 unspecified atom stereocenters. The van der Waals surface area contributed by atoms with Gasteiger partial charge in [0, 0.05) is 18.0 Å². The molecular weight excluding hydrogens is 202 g/mol. The van der Waals surface area contributed by atoms with Gasteiger partial charge < -0.3 is 5.11 Å². The van der Waals surface area contributed by atoms with E-state index in [4.69, 9.17) is 0 Å². The number of nitrogens with zero attached hydrogens (tertiary/aromatic N) is 1. The number of Topliss-reactive ketones (excluding diaryl/α,β-unsaturated/α-hetero) is 1. The van der Waals surface area contributed by atoms with Crippen molar-refractivity contribution in [1.29, 1.82) is 0 Å². The molecule has 4 heteroatoms. The van der Waals surface area contributed by atoms with Crippen molar-refractivity contribution in [2.24, 2.45) is 5.92 Å². The van der Waals surface area contributed by atoms with Crippen molar-refractivity contribution in [2.45, 2.75) is 43.9 Å². The van der Waals surface area contributed by atoms with E-state index in [1.165, 1.54) is 0 Å². The SMILES string of the molecule is Cl.O=C1CN2C3CC(O)CC2CC1C3. The van der Waals surface area contributed by atoms with Gasteiger partial charge in [0.1, 0.15) is 5.78 Å². The second-order valence-corrected chi connectivity index (χ2v) is 4.74. The van der Waals surface area contributed by atoms with Gasteiger partial charge in [-0.25, -0.2) is 0 Å². The number of rotatable bonds is 0. The number of carbonyl (C=O) groups is 1. The fourth-order valence-electron chi connectivity index (χ4n) is 3.34. The van der Waals surface area contributed by atoms with Crippen LogP contribution in [0.3, 0.4) is 0 Å². The van der Waals surface area contributed by atoms with Gasteiger partial charge >= 0.3 is 0 Å². The number of aliphatic hydroxyl groups is 1. The van der Waals surface area contributed by atoms with Gasteiger partial charge in [0.25, 0.3) is 0 Å². The summed E-state index contributed by atoms with van der Waals surface area (Å²) in [6, 6.07) is 1.01. The first-order chi connectivity index (χ1) is 6.24. The Morgan fingerprint density at radius 2 is 1.71 bits per heavy atom. The van der Waals surface area contributed by atoms with Crippen LogP contribution in [0.15, 0.2) is 0 Å². The van der Waals surface area contributed by atoms with E-state index in [1.54, 1.807) is 0 Å². The predicted molar refractivity (Wildman–Crippen MR) is 54.5 cm³/mol. The summed E-state index contributed by atoms with van der Waals surface area (Å²) >= 11 is 0. The monoisotopic (exact) mass is 217 g/mol. The Hall–Kier alpha value is -0.120. The van der Waals surface area contributed by atoms with Crippen LogP contribution in [0.2, 0.25) is 0 Å². The van der Waals surface area contributed by atoms with Gasteiger partial charge in [-0.3, -0.25) is 9.69 Å². The number of hydrogen-bond donors (Lipinski definition) is 1. The maximum absolute atomic E-state index is 11.5. The van der Waals surface area contributed by atoms with E-state index in [9.17, 15) is 9.90 Å². The minimum atomic E-state index is -0.111. The smallest absolute Gasteiger partial charge is 0.150 e. The third-order valence-corrected chi connectivity index (χ3v) is 3.93. The summed E-state index contributed by atoms with van der Waals surface area (Å²) in [6.45, 7) is 0.659. The fourth-order valence-corrected chi connectivity index (χ4v) is 3.34. The Kier molecular flexibility index (Phi) is 2.58. The lowest BCUT2D eigenvalue weighted by Gasteiger charge is -2.53. The van der Waals surface area contributed by atoms with Crippen LogP contribution in [0.4, 0.5) is 0 Å². The zero-order valence-corrected chi connectivity index (χ0v) is 8.87. The van der Waals surface area contributed by atoms with E-state index in [-0.39, 0.29) is 18.5 Å². The first kappa shape index (κ1) is 10.4. The molecule has 80 valence electrons. The number of halogens is 1. The molecule has 4 saturated heterocycles. The van der Waals surface area contributed by atoms with Crippen LogP contribution in [-0.2, 0) is 4.79 Å². The molecule has 4 rings (SSSR count). The van der Waals surface area contributed by atoms with Crippen LogP contribution in [0.5, 0.6) is 0 Å². The standard InChI is InChI=1S/C10H15NO2.ClH/c12-9-3-7-1-6-2-8(4-9)11(7)5-10(6)13;/h6-9,12H,1-5H2;1H. The molecule has 3 nitrogen and oxygen atoms in total. The molecule has 0 spiro atoms. The molecule has 0 amide bonds. The molecule has 4 aliphatic heterocycles. The van der Waals surface area contributed by atoms with Gasteiger partial charge in [0.2, 0.25) is 0 Å². The highest BCUT2D eigenvalue weighted by molar-refractivity contribution is 5.85. The van der Waals surface area contributed by atoms with Crippen molar-refractivity contribution in [3.63, 3.8) is 0 Å². The Morgan fingerprint density at radius 3 is 2.21 bits per heavy atom. The Balaban J connectivity index is 0.000000750. The Bertz CT molecular complexity index is 243. The molecule has 0 aromatic carbocycles. The van der Waals surface area contributed by atoms with E-state index < -0.39 is 0 Å². The van der Waals surface area contributed by atoms with Crippen molar-refractivity contribution < 1.29 is 9.90 Å². The zero-order valence-electron chi connectivity index (χ0n) is 8.06. The first-order valence-electron chi connectivity index (χ1n) is 5.20. The second kappa shape index (κ2) is 3.47. The summed E-state index contributed by atoms with van der Waals surface area (Å²) in [6.07, 6.45) is 3.68. The number of carbonyl (C=O) groups excluding carboxylic acids is 1. The molecule has 0 aromatic rings. The van der Waals surface area contributed by atoms with Crippen LogP contribution >= 0.6 is 12.4 Å². The van der Waals surface area contributed by atoms with Crippen molar-refractivity contribution in [1.82, 2.24) is 4.90 Å². The molecule has 0 aliphatic carbocycles. The molecular formula is C10H16ClNO2. The average molecular weight is 218 g/mol. The molecule has 0 radical (unpaired) electrons. The normalized spacial score (nSPS) is 50.1. The maximum atomic E-state index is 11.5. The van der Waals surface area contributed by atoms with Gasteiger partial charge in [0.05, 0.1) is 12.6 Å². The average Bonchev–Trinajstić information content (AvgIpc) is 2.04. The van der Waals surface area contributed by atoms with E-state index >= 15 is 0 Å². The lowest BCUT2D eigenvalue weighted by atomic mass is 9.72. The van der Waals surface area contributed by atoms with E-state index in [0.29, 0.717) is 30.3 Å². The summed E-state index contributed by atoms with van der Waals surface area (Å²) in [5, 5.41) is 9.60. The van der Waals surface area contributed by atoms with Crippen molar-refractivity contribution >= 4 is 18.2 Å². The van der Waals surface area contributed by atoms with Crippen molar-refractivity contribution in [3.8, 4) is 0 Å². The fraction of sp³-hybridized carbons (Fsp3) is 0.900. The Labute approximate surface area is 89.9 Å². The quantitative estimate of drug-likeness (QED) is 0.646. The van der Waals surface area contributed by atoms with Crippen molar-refractivity contribution in [3.05, 3.63) is 0 Å². The van der Waals surface area contributed by atoms with Gasteiger partial charge in [-0.05, 0) is 25.7 Å². The lowest BCUT2D eigenvalue weighted by molar-refractivity contribution is -0.144. The molecule has 0 aromatic heterocycles. The van der Waals surface area contributed by atoms with E-state index in [0.717, 1.165) is 25.7 Å². The molecule has 4 aliphatic rings. The molecule has 14 heavy (non-hydrogen) atoms. The summed E-state index contributed by atoms with van der Waals surface area (Å²) in [5.74, 6) is 0.761. The minimum Gasteiger partial charge on any atom is -0.393 e. The highest BCUT2D eigenvalue weighted by atomic mass is 35.5. The van der Waals surface area contributed by atoms with E-state index in [1.807, 2.05) is 0 Å². The molecule has 4 heterocycles. The summed E-state index contributed by atoms with van der Waals surface area (Å²) in [5.41, 5.74) is 0. The highest BCUT2D eigenvalue weighted by Gasteiger charge is 2.48. The molecule has 4 bridgehead atoms. The maximum Gasteiger partial charge on any atom is 0.150 e. The minimum absolute atomic E-state index is 0. The first-order valence-corrected chi connectivity index (χ1v) is 5.20. The predicted octanol–water partition coefficient (Wildman–Crippen LogP) is 0.595. The van der Waals surface area contributed by atoms with Crippen molar-refractivity contribution in [2.75, 3.05) is 6.54 Å². The van der Waals surface area contributed by atoms with Crippen LogP contribution in [0.1, 0.15) is 25.7 Å². The number of fused-ring (bicyclic) bond motifs is 1. The molecule has 4 fully saturated rings. The third kappa shape index (κ3) is 1.38. The summed E-state index contributed by atoms with van der Waals surface area (Å²) in [7, 11) is 0. The Morgan fingerprint density at radius 1 is 1.14 bits per heavy atom. The number of piperidine rings is 4. The van der Waals surface area contributed by atoms with Gasteiger partial charge in [-0.2, -0.15) is 0 Å². The molecule has 0 saturated carbocycles. The van der Waals surface area contributed by atoms with Crippen LogP contribution in [0.25, 0.3) is 0 Å². The third-order valence-electron chi connectivity index (χ3n) is 3.93. The van der Waals surface area contributed by atoms with Crippen LogP contribution in [0, 0.1) is 5.92 Å². The number of hydrogen-bond acceptors (Lipinski definition) is 3. The topological polar surface area (TPSA) is 40.5 Å². The summed E-state index contributed by atoms with van der Waals surface area (Å²) in [4.78, 5) is 13.8.